The predicted octanol–water partition coefficient (Wildman–Crippen LogP) is 1.90. The Balaban J connectivity index is 1.65. The van der Waals surface area contributed by atoms with E-state index >= 15 is 0 Å². The van der Waals surface area contributed by atoms with Crippen LogP contribution in [0.5, 0.6) is 5.75 Å². The van der Waals surface area contributed by atoms with Gasteiger partial charge in [-0.1, -0.05) is 0 Å². The first-order valence-corrected chi connectivity index (χ1v) is 7.30. The van der Waals surface area contributed by atoms with Crippen LogP contribution >= 0.6 is 0 Å². The van der Waals surface area contributed by atoms with Gasteiger partial charge in [-0.05, 0) is 31.3 Å². The molecule has 1 saturated heterocycles. The molecule has 3 rings (SSSR count). The van der Waals surface area contributed by atoms with Gasteiger partial charge in [-0.3, -0.25) is 4.90 Å². The maximum Gasteiger partial charge on any atom is 0.119 e. The minimum absolute atomic E-state index is 0.925. The number of aromatic nitrogens is 1. The molecule has 1 fully saturated rings. The van der Waals surface area contributed by atoms with Crippen LogP contribution in [0.3, 0.4) is 0 Å². The lowest BCUT2D eigenvalue weighted by Gasteiger charge is -2.32. The first-order valence-electron chi connectivity index (χ1n) is 7.30. The van der Waals surface area contributed by atoms with Gasteiger partial charge in [-0.25, -0.2) is 0 Å². The Labute approximate surface area is 120 Å². The number of hydrogen-bond donors (Lipinski definition) is 0. The van der Waals surface area contributed by atoms with Crippen molar-refractivity contribution in [3.05, 3.63) is 30.5 Å². The molecular formula is C16H23N3O. The zero-order valence-corrected chi connectivity index (χ0v) is 12.4. The molecule has 0 bridgehead atoms. The van der Waals surface area contributed by atoms with Gasteiger partial charge in [0.25, 0.3) is 0 Å². The van der Waals surface area contributed by atoms with Crippen LogP contribution in [-0.4, -0.2) is 61.2 Å². The van der Waals surface area contributed by atoms with E-state index in [9.17, 15) is 0 Å². The summed E-state index contributed by atoms with van der Waals surface area (Å²) in [5, 5.41) is 1.25. The molecule has 0 radical (unpaired) electrons. The summed E-state index contributed by atoms with van der Waals surface area (Å²) in [7, 11) is 3.91. The molecule has 4 heteroatoms. The number of piperazine rings is 1. The van der Waals surface area contributed by atoms with E-state index in [1.165, 1.54) is 37.1 Å². The third-order valence-corrected chi connectivity index (χ3v) is 4.23. The maximum atomic E-state index is 5.27. The zero-order chi connectivity index (χ0) is 13.9. The molecule has 2 aromatic rings. The summed E-state index contributed by atoms with van der Waals surface area (Å²) in [6.07, 6.45) is 2.18. The van der Waals surface area contributed by atoms with Crippen molar-refractivity contribution in [2.24, 2.45) is 0 Å². The molecule has 108 valence electrons. The fourth-order valence-corrected chi connectivity index (χ4v) is 2.82. The Kier molecular flexibility index (Phi) is 3.94. The first kappa shape index (κ1) is 13.5. The molecule has 0 spiro atoms. The molecule has 2 heterocycles. The highest BCUT2D eigenvalue weighted by molar-refractivity contribution is 5.81. The van der Waals surface area contributed by atoms with E-state index in [1.807, 2.05) is 6.07 Å². The molecule has 0 N–H and O–H groups in total. The third-order valence-electron chi connectivity index (χ3n) is 4.23. The summed E-state index contributed by atoms with van der Waals surface area (Å²) in [5.74, 6) is 0.925. The highest BCUT2D eigenvalue weighted by atomic mass is 16.5. The lowest BCUT2D eigenvalue weighted by atomic mass is 10.2. The van der Waals surface area contributed by atoms with Gasteiger partial charge in [0, 0.05) is 56.4 Å². The van der Waals surface area contributed by atoms with Crippen LogP contribution < -0.4 is 4.74 Å². The minimum atomic E-state index is 0.925. The maximum absolute atomic E-state index is 5.27. The molecule has 0 aliphatic carbocycles. The van der Waals surface area contributed by atoms with Crippen molar-refractivity contribution in [2.45, 2.75) is 6.54 Å². The molecule has 0 atom stereocenters. The van der Waals surface area contributed by atoms with Crippen molar-refractivity contribution in [3.8, 4) is 5.75 Å². The number of hydrogen-bond acceptors (Lipinski definition) is 3. The second-order valence-corrected chi connectivity index (χ2v) is 5.58. The monoisotopic (exact) mass is 273 g/mol. The number of ether oxygens (including phenoxy) is 1. The van der Waals surface area contributed by atoms with Crippen LogP contribution in [0.25, 0.3) is 10.9 Å². The predicted molar refractivity (Wildman–Crippen MR) is 82.4 cm³/mol. The quantitative estimate of drug-likeness (QED) is 0.849. The lowest BCUT2D eigenvalue weighted by molar-refractivity contribution is 0.150. The molecule has 0 amide bonds. The second kappa shape index (κ2) is 5.85. The molecule has 1 aromatic carbocycles. The number of fused-ring (bicyclic) bond motifs is 1. The Morgan fingerprint density at radius 3 is 2.60 bits per heavy atom. The molecule has 0 unspecified atom stereocenters. The highest BCUT2D eigenvalue weighted by Crippen LogP contribution is 2.21. The average molecular weight is 273 g/mol. The van der Waals surface area contributed by atoms with Crippen LogP contribution in [0.4, 0.5) is 0 Å². The van der Waals surface area contributed by atoms with Gasteiger partial charge < -0.3 is 14.2 Å². The number of methoxy groups -OCH3 is 1. The fraction of sp³-hybridized carbons (Fsp3) is 0.500. The van der Waals surface area contributed by atoms with Gasteiger partial charge in [-0.2, -0.15) is 0 Å². The zero-order valence-electron chi connectivity index (χ0n) is 12.4. The molecule has 0 saturated carbocycles. The van der Waals surface area contributed by atoms with Crippen molar-refractivity contribution >= 4 is 10.9 Å². The van der Waals surface area contributed by atoms with Crippen LogP contribution in [0.1, 0.15) is 0 Å². The Hall–Kier alpha value is -1.52. The summed E-state index contributed by atoms with van der Waals surface area (Å²) in [5.41, 5.74) is 1.29. The van der Waals surface area contributed by atoms with E-state index < -0.39 is 0 Å². The second-order valence-electron chi connectivity index (χ2n) is 5.58. The number of nitrogens with zero attached hydrogens (tertiary/aromatic N) is 3. The average Bonchev–Trinajstić information content (AvgIpc) is 2.89. The van der Waals surface area contributed by atoms with Crippen molar-refractivity contribution in [2.75, 3.05) is 46.9 Å². The summed E-state index contributed by atoms with van der Waals surface area (Å²) >= 11 is 0. The van der Waals surface area contributed by atoms with E-state index in [0.29, 0.717) is 0 Å². The van der Waals surface area contributed by atoms with E-state index in [4.69, 9.17) is 4.74 Å². The standard InChI is InChI=1S/C16H23N3O/c1-17-7-9-18(10-8-17)11-12-19-6-5-14-13-15(20-2)3-4-16(14)19/h3-6,13H,7-12H2,1-2H3. The lowest BCUT2D eigenvalue weighted by Crippen LogP contribution is -2.45. The van der Waals surface area contributed by atoms with E-state index in [-0.39, 0.29) is 0 Å². The van der Waals surface area contributed by atoms with Crippen molar-refractivity contribution in [1.82, 2.24) is 14.4 Å². The number of likely N-dealkylation sites (N-methyl/N-ethyl adjacent to an activating group) is 1. The van der Waals surface area contributed by atoms with Crippen molar-refractivity contribution in [1.29, 1.82) is 0 Å². The van der Waals surface area contributed by atoms with E-state index in [0.717, 1.165) is 18.8 Å². The van der Waals surface area contributed by atoms with Gasteiger partial charge in [0.1, 0.15) is 5.75 Å². The molecule has 1 aromatic heterocycles. The van der Waals surface area contributed by atoms with Gasteiger partial charge in [0.2, 0.25) is 0 Å². The van der Waals surface area contributed by atoms with E-state index in [1.54, 1.807) is 7.11 Å². The Morgan fingerprint density at radius 1 is 1.05 bits per heavy atom. The first-order chi connectivity index (χ1) is 9.76. The largest absolute Gasteiger partial charge is 0.497 e. The summed E-state index contributed by atoms with van der Waals surface area (Å²) in [6, 6.07) is 8.45. The van der Waals surface area contributed by atoms with E-state index in [2.05, 4.69) is 45.8 Å². The third kappa shape index (κ3) is 2.81. The Bertz CT molecular complexity index is 570. The highest BCUT2D eigenvalue weighted by Gasteiger charge is 2.13. The summed E-state index contributed by atoms with van der Waals surface area (Å²) in [4.78, 5) is 4.95. The summed E-state index contributed by atoms with van der Waals surface area (Å²) < 4.78 is 7.61. The van der Waals surface area contributed by atoms with Crippen LogP contribution in [-0.2, 0) is 6.54 Å². The number of benzene rings is 1. The SMILES string of the molecule is COc1ccc2c(ccn2CCN2CCN(C)CC2)c1. The molecule has 1 aliphatic rings. The molecule has 20 heavy (non-hydrogen) atoms. The van der Waals surface area contributed by atoms with Crippen LogP contribution in [0, 0.1) is 0 Å². The van der Waals surface area contributed by atoms with Crippen LogP contribution in [0.15, 0.2) is 30.5 Å². The normalized spacial score (nSPS) is 17.7. The minimum Gasteiger partial charge on any atom is -0.497 e. The summed E-state index contributed by atoms with van der Waals surface area (Å²) in [6.45, 7) is 6.92. The number of rotatable bonds is 4. The van der Waals surface area contributed by atoms with Gasteiger partial charge >= 0.3 is 0 Å². The van der Waals surface area contributed by atoms with Crippen molar-refractivity contribution < 1.29 is 4.74 Å². The Morgan fingerprint density at radius 2 is 1.85 bits per heavy atom. The molecular weight excluding hydrogens is 250 g/mol. The van der Waals surface area contributed by atoms with Gasteiger partial charge in [-0.15, -0.1) is 0 Å². The topological polar surface area (TPSA) is 20.6 Å². The molecule has 4 nitrogen and oxygen atoms in total. The fourth-order valence-electron chi connectivity index (χ4n) is 2.82. The van der Waals surface area contributed by atoms with Gasteiger partial charge in [0.05, 0.1) is 7.11 Å². The smallest absolute Gasteiger partial charge is 0.119 e. The van der Waals surface area contributed by atoms with Gasteiger partial charge in [0.15, 0.2) is 0 Å². The molecule has 1 aliphatic heterocycles. The van der Waals surface area contributed by atoms with Crippen molar-refractivity contribution in [3.63, 3.8) is 0 Å². The van der Waals surface area contributed by atoms with Crippen LogP contribution in [0.2, 0.25) is 0 Å².